The molecule has 1 atom stereocenters. The van der Waals surface area contributed by atoms with E-state index in [0.29, 0.717) is 5.13 Å². The van der Waals surface area contributed by atoms with Gasteiger partial charge in [-0.25, -0.2) is 4.98 Å². The molecule has 0 spiro atoms. The van der Waals surface area contributed by atoms with E-state index < -0.39 is 0 Å². The normalized spacial score (nSPS) is 19.5. The molecule has 3 N–H and O–H groups in total. The smallest absolute Gasteiger partial charge is 0.239 e. The van der Waals surface area contributed by atoms with Crippen LogP contribution in [0.4, 0.5) is 10.8 Å². The Morgan fingerprint density at radius 3 is 3.11 bits per heavy atom. The van der Waals surface area contributed by atoms with Crippen molar-refractivity contribution in [2.24, 2.45) is 0 Å². The fourth-order valence-corrected chi connectivity index (χ4v) is 4.24. The molecule has 2 aromatic rings. The van der Waals surface area contributed by atoms with Crippen LogP contribution in [-0.4, -0.2) is 21.9 Å². The molecule has 1 aromatic heterocycles. The van der Waals surface area contributed by atoms with Crippen LogP contribution in [0.25, 0.3) is 10.2 Å². The van der Waals surface area contributed by atoms with E-state index in [-0.39, 0.29) is 11.2 Å². The van der Waals surface area contributed by atoms with E-state index in [1.54, 1.807) is 11.8 Å². The van der Waals surface area contributed by atoms with Gasteiger partial charge in [0.05, 0.1) is 15.5 Å². The number of hydrogen-bond donors (Lipinski definition) is 2. The van der Waals surface area contributed by atoms with Gasteiger partial charge in [0.15, 0.2) is 5.13 Å². The Labute approximate surface area is 119 Å². The van der Waals surface area contributed by atoms with Gasteiger partial charge in [-0.3, -0.25) is 4.79 Å². The van der Waals surface area contributed by atoms with Gasteiger partial charge in [0.1, 0.15) is 0 Å². The maximum absolute atomic E-state index is 12.1. The van der Waals surface area contributed by atoms with Gasteiger partial charge in [0, 0.05) is 5.69 Å². The van der Waals surface area contributed by atoms with Crippen molar-refractivity contribution in [2.75, 3.05) is 16.8 Å². The highest BCUT2D eigenvalue weighted by molar-refractivity contribution is 8.00. The first-order valence-corrected chi connectivity index (χ1v) is 8.17. The lowest BCUT2D eigenvalue weighted by atomic mass is 10.2. The zero-order valence-electron chi connectivity index (χ0n) is 10.4. The van der Waals surface area contributed by atoms with Crippen LogP contribution in [0, 0.1) is 0 Å². The lowest BCUT2D eigenvalue weighted by Crippen LogP contribution is -2.27. The molecule has 1 unspecified atom stereocenters. The summed E-state index contributed by atoms with van der Waals surface area (Å²) in [5.74, 6) is 1.16. The number of aromatic nitrogens is 1. The summed E-state index contributed by atoms with van der Waals surface area (Å²) in [5.41, 5.74) is 7.34. The summed E-state index contributed by atoms with van der Waals surface area (Å²) >= 11 is 3.22. The molecular formula is C13H15N3OS2. The Morgan fingerprint density at radius 1 is 1.42 bits per heavy atom. The number of carbonyl (C=O) groups is 1. The third-order valence-electron chi connectivity index (χ3n) is 3.11. The molecule has 1 amide bonds. The van der Waals surface area contributed by atoms with Crippen LogP contribution in [-0.2, 0) is 4.79 Å². The SMILES string of the molecule is Nc1ccc2nc(NC(=O)C3CCCCS3)sc2c1. The fraction of sp³-hybridized carbons (Fsp3) is 0.385. The second kappa shape index (κ2) is 5.38. The molecule has 1 aliphatic heterocycles. The lowest BCUT2D eigenvalue weighted by molar-refractivity contribution is -0.115. The second-order valence-electron chi connectivity index (χ2n) is 4.59. The monoisotopic (exact) mass is 293 g/mol. The topological polar surface area (TPSA) is 68.0 Å². The molecule has 0 radical (unpaired) electrons. The van der Waals surface area contributed by atoms with Crippen LogP contribution in [0.15, 0.2) is 18.2 Å². The van der Waals surface area contributed by atoms with E-state index >= 15 is 0 Å². The molecule has 6 heteroatoms. The van der Waals surface area contributed by atoms with E-state index in [2.05, 4.69) is 10.3 Å². The quantitative estimate of drug-likeness (QED) is 0.835. The van der Waals surface area contributed by atoms with Crippen LogP contribution in [0.1, 0.15) is 19.3 Å². The van der Waals surface area contributed by atoms with Crippen LogP contribution in [0.2, 0.25) is 0 Å². The minimum atomic E-state index is 0.0748. The molecule has 1 fully saturated rings. The highest BCUT2D eigenvalue weighted by Crippen LogP contribution is 2.30. The molecule has 1 saturated heterocycles. The zero-order chi connectivity index (χ0) is 13.2. The van der Waals surface area contributed by atoms with Crippen molar-refractivity contribution in [1.29, 1.82) is 0 Å². The first kappa shape index (κ1) is 12.7. The van der Waals surface area contributed by atoms with Gasteiger partial charge >= 0.3 is 0 Å². The maximum Gasteiger partial charge on any atom is 0.239 e. The highest BCUT2D eigenvalue weighted by atomic mass is 32.2. The number of anilines is 2. The van der Waals surface area contributed by atoms with Gasteiger partial charge < -0.3 is 11.1 Å². The summed E-state index contributed by atoms with van der Waals surface area (Å²) in [6.45, 7) is 0. The van der Waals surface area contributed by atoms with Crippen LogP contribution < -0.4 is 11.1 Å². The van der Waals surface area contributed by atoms with Crippen molar-refractivity contribution in [1.82, 2.24) is 4.98 Å². The predicted molar refractivity (Wildman–Crippen MR) is 82.8 cm³/mol. The molecule has 19 heavy (non-hydrogen) atoms. The average molecular weight is 293 g/mol. The zero-order valence-corrected chi connectivity index (χ0v) is 12.0. The molecule has 0 bridgehead atoms. The van der Waals surface area contributed by atoms with Crippen molar-refractivity contribution in [3.63, 3.8) is 0 Å². The number of nitrogens with zero attached hydrogens (tertiary/aromatic N) is 1. The second-order valence-corrected chi connectivity index (χ2v) is 6.93. The number of fused-ring (bicyclic) bond motifs is 1. The summed E-state index contributed by atoms with van der Waals surface area (Å²) in [6, 6.07) is 5.59. The summed E-state index contributed by atoms with van der Waals surface area (Å²) in [5, 5.41) is 3.67. The number of nitrogen functional groups attached to an aromatic ring is 1. The van der Waals surface area contributed by atoms with Crippen molar-refractivity contribution in [3.05, 3.63) is 18.2 Å². The fourth-order valence-electron chi connectivity index (χ4n) is 2.13. The molecule has 0 aliphatic carbocycles. The number of rotatable bonds is 2. The average Bonchev–Trinajstić information content (AvgIpc) is 2.81. The Hall–Kier alpha value is -1.27. The van der Waals surface area contributed by atoms with Gasteiger partial charge in [-0.05, 0) is 36.8 Å². The van der Waals surface area contributed by atoms with E-state index in [1.165, 1.54) is 17.8 Å². The molecule has 0 saturated carbocycles. The summed E-state index contributed by atoms with van der Waals surface area (Å²) in [7, 11) is 0. The lowest BCUT2D eigenvalue weighted by Gasteiger charge is -2.19. The number of thiazole rings is 1. The first-order chi connectivity index (χ1) is 9.22. The molecule has 2 heterocycles. The number of thioether (sulfide) groups is 1. The minimum Gasteiger partial charge on any atom is -0.399 e. The molecule has 4 nitrogen and oxygen atoms in total. The Balaban J connectivity index is 1.75. The largest absolute Gasteiger partial charge is 0.399 e. The Kier molecular flexibility index (Phi) is 3.61. The van der Waals surface area contributed by atoms with Crippen LogP contribution in [0.5, 0.6) is 0 Å². The van der Waals surface area contributed by atoms with Crippen LogP contribution >= 0.6 is 23.1 Å². The Bertz CT molecular complexity index is 605. The molecule has 1 aromatic carbocycles. The van der Waals surface area contributed by atoms with Gasteiger partial charge in [0.2, 0.25) is 5.91 Å². The van der Waals surface area contributed by atoms with Crippen molar-refractivity contribution >= 4 is 50.0 Å². The molecule has 100 valence electrons. The van der Waals surface area contributed by atoms with Crippen molar-refractivity contribution < 1.29 is 4.79 Å². The number of nitrogens with two attached hydrogens (primary N) is 1. The van der Waals surface area contributed by atoms with E-state index in [4.69, 9.17) is 5.73 Å². The van der Waals surface area contributed by atoms with Gasteiger partial charge in [-0.2, -0.15) is 0 Å². The number of carbonyl (C=O) groups excluding carboxylic acids is 1. The maximum atomic E-state index is 12.1. The highest BCUT2D eigenvalue weighted by Gasteiger charge is 2.22. The third-order valence-corrected chi connectivity index (χ3v) is 5.42. The number of hydrogen-bond acceptors (Lipinski definition) is 5. The Morgan fingerprint density at radius 2 is 2.32 bits per heavy atom. The van der Waals surface area contributed by atoms with Gasteiger partial charge in [0.25, 0.3) is 0 Å². The van der Waals surface area contributed by atoms with E-state index in [1.807, 2.05) is 18.2 Å². The van der Waals surface area contributed by atoms with E-state index in [0.717, 1.165) is 34.5 Å². The third kappa shape index (κ3) is 2.84. The minimum absolute atomic E-state index is 0.0748. The summed E-state index contributed by atoms with van der Waals surface area (Å²) in [6.07, 6.45) is 3.32. The van der Waals surface area contributed by atoms with Crippen LogP contribution in [0.3, 0.4) is 0 Å². The number of amides is 1. The summed E-state index contributed by atoms with van der Waals surface area (Å²) in [4.78, 5) is 16.5. The molecule has 3 rings (SSSR count). The molecular weight excluding hydrogens is 278 g/mol. The van der Waals surface area contributed by atoms with Crippen molar-refractivity contribution in [3.8, 4) is 0 Å². The predicted octanol–water partition coefficient (Wildman–Crippen LogP) is 3.10. The number of benzene rings is 1. The standard InChI is InChI=1S/C13H15N3OS2/c14-8-4-5-9-11(7-8)19-13(15-9)16-12(17)10-3-1-2-6-18-10/h4-5,7,10H,1-3,6,14H2,(H,15,16,17). The van der Waals surface area contributed by atoms with Gasteiger partial charge in [-0.15, -0.1) is 11.8 Å². The van der Waals surface area contributed by atoms with Crippen molar-refractivity contribution in [2.45, 2.75) is 24.5 Å². The molecule has 1 aliphatic rings. The summed E-state index contributed by atoms with van der Waals surface area (Å²) < 4.78 is 1.01. The first-order valence-electron chi connectivity index (χ1n) is 6.31. The van der Waals surface area contributed by atoms with E-state index in [9.17, 15) is 4.79 Å². The van der Waals surface area contributed by atoms with Gasteiger partial charge in [-0.1, -0.05) is 17.8 Å². The number of nitrogens with one attached hydrogen (secondary N) is 1.